The lowest BCUT2D eigenvalue weighted by Crippen LogP contribution is -3.00. The highest BCUT2D eigenvalue weighted by Crippen LogP contribution is 2.32. The molecule has 3 rings (SSSR count). The van der Waals surface area contributed by atoms with Crippen molar-refractivity contribution in [3.05, 3.63) is 48.8 Å². The van der Waals surface area contributed by atoms with Crippen molar-refractivity contribution in [1.82, 2.24) is 9.97 Å². The molecular weight excluding hydrogens is 302 g/mol. The second-order valence-electron chi connectivity index (χ2n) is 4.43. The summed E-state index contributed by atoms with van der Waals surface area (Å²) in [4.78, 5) is 8.57. The molecule has 0 saturated heterocycles. The minimum atomic E-state index is 0. The van der Waals surface area contributed by atoms with Gasteiger partial charge < -0.3 is 27.2 Å². The Labute approximate surface area is 134 Å². The second-order valence-corrected chi connectivity index (χ2v) is 4.43. The largest absolute Gasteiger partial charge is 1.00 e. The average Bonchev–Trinajstić information content (AvgIpc) is 2.55. The molecule has 3 aromatic rings. The molecule has 6 heteroatoms. The Morgan fingerprint density at radius 1 is 0.955 bits per heavy atom. The molecule has 0 amide bonds. The van der Waals surface area contributed by atoms with Crippen LogP contribution in [0.15, 0.2) is 48.8 Å². The summed E-state index contributed by atoms with van der Waals surface area (Å²) in [5, 5.41) is 4.23. The topological polar surface area (TPSA) is 56.3 Å². The van der Waals surface area contributed by atoms with Crippen LogP contribution in [0.4, 0.5) is 11.5 Å². The summed E-state index contributed by atoms with van der Waals surface area (Å²) >= 11 is 0. The minimum Gasteiger partial charge on any atom is -1.00 e. The number of methoxy groups -OCH3 is 2. The van der Waals surface area contributed by atoms with Crippen molar-refractivity contribution in [1.29, 1.82) is 0 Å². The van der Waals surface area contributed by atoms with E-state index < -0.39 is 0 Å². The lowest BCUT2D eigenvalue weighted by atomic mass is 10.2. The van der Waals surface area contributed by atoms with Gasteiger partial charge in [-0.25, -0.2) is 9.97 Å². The van der Waals surface area contributed by atoms with Crippen LogP contribution in [0.3, 0.4) is 0 Å². The van der Waals surface area contributed by atoms with E-state index in [-0.39, 0.29) is 12.4 Å². The molecule has 1 heterocycles. The first-order valence-corrected chi connectivity index (χ1v) is 6.50. The average molecular weight is 317 g/mol. The molecule has 0 aliphatic rings. The van der Waals surface area contributed by atoms with Gasteiger partial charge in [-0.3, -0.25) is 0 Å². The van der Waals surface area contributed by atoms with E-state index in [1.54, 1.807) is 14.2 Å². The number of nitrogens with one attached hydrogen (secondary N) is 1. The van der Waals surface area contributed by atoms with E-state index in [4.69, 9.17) is 9.47 Å². The van der Waals surface area contributed by atoms with Crippen molar-refractivity contribution in [2.45, 2.75) is 0 Å². The molecular formula is C16H15ClN3O2-. The van der Waals surface area contributed by atoms with Crippen LogP contribution >= 0.6 is 0 Å². The predicted octanol–water partition coefficient (Wildman–Crippen LogP) is 0.395. The molecule has 0 unspecified atom stereocenters. The first-order valence-electron chi connectivity index (χ1n) is 6.50. The zero-order valence-corrected chi connectivity index (χ0v) is 13.0. The van der Waals surface area contributed by atoms with Gasteiger partial charge in [0.15, 0.2) is 0 Å². The Kier molecular flexibility index (Phi) is 5.01. The fourth-order valence-electron chi connectivity index (χ4n) is 2.14. The van der Waals surface area contributed by atoms with E-state index in [1.807, 2.05) is 42.5 Å². The van der Waals surface area contributed by atoms with Gasteiger partial charge in [0.1, 0.15) is 23.6 Å². The molecule has 0 aliphatic heterocycles. The van der Waals surface area contributed by atoms with Crippen LogP contribution in [0.2, 0.25) is 0 Å². The van der Waals surface area contributed by atoms with Crippen LogP contribution in [-0.4, -0.2) is 24.2 Å². The SMILES string of the molecule is COc1ccc(OC)c(Nc2ncnc3ccccc23)c1.[Cl-]. The Balaban J connectivity index is 0.00000176. The van der Waals surface area contributed by atoms with Gasteiger partial charge in [0.25, 0.3) is 0 Å². The molecule has 0 radical (unpaired) electrons. The van der Waals surface area contributed by atoms with E-state index >= 15 is 0 Å². The van der Waals surface area contributed by atoms with Crippen LogP contribution in [0.25, 0.3) is 10.9 Å². The third-order valence-electron chi connectivity index (χ3n) is 3.20. The lowest BCUT2D eigenvalue weighted by molar-refractivity contribution is -0.00000489. The Morgan fingerprint density at radius 2 is 1.77 bits per heavy atom. The minimum absolute atomic E-state index is 0. The van der Waals surface area contributed by atoms with Gasteiger partial charge in [-0.15, -0.1) is 0 Å². The summed E-state index contributed by atoms with van der Waals surface area (Å²) in [5.41, 5.74) is 1.68. The van der Waals surface area contributed by atoms with Crippen LogP contribution < -0.4 is 27.2 Å². The number of fused-ring (bicyclic) bond motifs is 1. The maximum Gasteiger partial charge on any atom is 0.142 e. The molecule has 0 atom stereocenters. The van der Waals surface area contributed by atoms with Crippen molar-refractivity contribution >= 4 is 22.4 Å². The van der Waals surface area contributed by atoms with Crippen LogP contribution in [0, 0.1) is 0 Å². The summed E-state index contributed by atoms with van der Waals surface area (Å²) in [5.74, 6) is 2.20. The lowest BCUT2D eigenvalue weighted by Gasteiger charge is -2.13. The van der Waals surface area contributed by atoms with Gasteiger partial charge in [0.05, 0.1) is 25.4 Å². The van der Waals surface area contributed by atoms with E-state index in [0.29, 0.717) is 0 Å². The summed E-state index contributed by atoms with van der Waals surface area (Å²) < 4.78 is 10.6. The number of nitrogens with zero attached hydrogens (tertiary/aromatic N) is 2. The molecule has 114 valence electrons. The van der Waals surface area contributed by atoms with E-state index in [9.17, 15) is 0 Å². The van der Waals surface area contributed by atoms with Gasteiger partial charge in [-0.1, -0.05) is 12.1 Å². The molecule has 0 fully saturated rings. The number of aromatic nitrogens is 2. The molecule has 5 nitrogen and oxygen atoms in total. The highest BCUT2D eigenvalue weighted by molar-refractivity contribution is 5.91. The first-order chi connectivity index (χ1) is 10.3. The molecule has 0 spiro atoms. The van der Waals surface area contributed by atoms with Gasteiger partial charge in [-0.2, -0.15) is 0 Å². The standard InChI is InChI=1S/C16H15N3O2.ClH/c1-20-11-7-8-15(21-2)14(9-11)19-16-12-5-3-4-6-13(12)17-10-18-16;/h3-10H,1-2H3,(H,17,18,19);1H/p-1. The van der Waals surface area contributed by atoms with E-state index in [1.165, 1.54) is 6.33 Å². The fourth-order valence-corrected chi connectivity index (χ4v) is 2.14. The smallest absolute Gasteiger partial charge is 0.142 e. The number of hydrogen-bond acceptors (Lipinski definition) is 5. The molecule has 1 N–H and O–H groups in total. The maximum atomic E-state index is 5.37. The second kappa shape index (κ2) is 6.95. The third-order valence-corrected chi connectivity index (χ3v) is 3.20. The monoisotopic (exact) mass is 316 g/mol. The van der Waals surface area contributed by atoms with Gasteiger partial charge >= 0.3 is 0 Å². The van der Waals surface area contributed by atoms with Gasteiger partial charge in [-0.05, 0) is 24.3 Å². The number of halogens is 1. The molecule has 22 heavy (non-hydrogen) atoms. The van der Waals surface area contributed by atoms with Crippen LogP contribution in [0.5, 0.6) is 11.5 Å². The number of para-hydroxylation sites is 1. The van der Waals surface area contributed by atoms with Crippen molar-refractivity contribution in [3.63, 3.8) is 0 Å². The number of benzene rings is 2. The van der Waals surface area contributed by atoms with E-state index in [0.717, 1.165) is 33.9 Å². The number of anilines is 2. The highest BCUT2D eigenvalue weighted by Gasteiger charge is 2.08. The Hall–Kier alpha value is -2.53. The van der Waals surface area contributed by atoms with Crippen molar-refractivity contribution in [2.75, 3.05) is 19.5 Å². The summed E-state index contributed by atoms with van der Waals surface area (Å²) in [7, 11) is 3.26. The zero-order chi connectivity index (χ0) is 14.7. The Morgan fingerprint density at radius 3 is 2.55 bits per heavy atom. The number of ether oxygens (including phenoxy) is 2. The van der Waals surface area contributed by atoms with E-state index in [2.05, 4.69) is 15.3 Å². The molecule has 0 saturated carbocycles. The number of rotatable bonds is 4. The molecule has 0 bridgehead atoms. The predicted molar refractivity (Wildman–Crippen MR) is 82.4 cm³/mol. The third kappa shape index (κ3) is 3.04. The van der Waals surface area contributed by atoms with Crippen molar-refractivity contribution < 1.29 is 21.9 Å². The summed E-state index contributed by atoms with van der Waals surface area (Å²) in [6.07, 6.45) is 1.54. The van der Waals surface area contributed by atoms with Crippen molar-refractivity contribution in [3.8, 4) is 11.5 Å². The zero-order valence-electron chi connectivity index (χ0n) is 12.2. The summed E-state index contributed by atoms with van der Waals surface area (Å²) in [6.45, 7) is 0. The normalized spacial score (nSPS) is 9.91. The van der Waals surface area contributed by atoms with Gasteiger partial charge in [0, 0.05) is 11.5 Å². The number of hydrogen-bond donors (Lipinski definition) is 1. The van der Waals surface area contributed by atoms with Gasteiger partial charge in [0.2, 0.25) is 0 Å². The Bertz CT molecular complexity index is 775. The van der Waals surface area contributed by atoms with Crippen molar-refractivity contribution in [2.24, 2.45) is 0 Å². The molecule has 1 aromatic heterocycles. The fraction of sp³-hybridized carbons (Fsp3) is 0.125. The molecule has 2 aromatic carbocycles. The summed E-state index contributed by atoms with van der Waals surface area (Å²) in [6, 6.07) is 13.4. The highest BCUT2D eigenvalue weighted by atomic mass is 35.5. The van der Waals surface area contributed by atoms with Crippen LogP contribution in [-0.2, 0) is 0 Å². The molecule has 0 aliphatic carbocycles. The van der Waals surface area contributed by atoms with Crippen LogP contribution in [0.1, 0.15) is 0 Å². The first kappa shape index (κ1) is 15.9. The quantitative estimate of drug-likeness (QED) is 0.755. The maximum absolute atomic E-state index is 5.37.